The number of ether oxygens (including phenoxy) is 1. The molecule has 2 rings (SSSR count). The van der Waals surface area contributed by atoms with Gasteiger partial charge in [0.25, 0.3) is 0 Å². The number of para-hydroxylation sites is 1. The summed E-state index contributed by atoms with van der Waals surface area (Å²) in [4.78, 5) is 11.7. The molecule has 1 aliphatic heterocycles. The molecule has 1 aromatic rings. The Labute approximate surface area is 101 Å². The largest absolute Gasteiger partial charge is 0.508 e. The average Bonchev–Trinajstić information content (AvgIpc) is 2.38. The molecule has 0 aromatic heterocycles. The highest BCUT2D eigenvalue weighted by Crippen LogP contribution is 2.35. The molecule has 0 spiro atoms. The third kappa shape index (κ3) is 2.42. The Morgan fingerprint density at radius 3 is 2.94 bits per heavy atom. The number of rotatable bonds is 2. The lowest BCUT2D eigenvalue weighted by atomic mass is 9.81. The van der Waals surface area contributed by atoms with E-state index in [0.717, 1.165) is 18.5 Å². The van der Waals surface area contributed by atoms with Crippen molar-refractivity contribution in [1.29, 1.82) is 0 Å². The van der Waals surface area contributed by atoms with Crippen molar-refractivity contribution in [1.82, 2.24) is 5.32 Å². The third-order valence-electron chi connectivity index (χ3n) is 3.32. The monoisotopic (exact) mass is 235 g/mol. The van der Waals surface area contributed by atoms with Gasteiger partial charge in [0.05, 0.1) is 13.0 Å². The summed E-state index contributed by atoms with van der Waals surface area (Å²) in [5.74, 6) is -0.147. The van der Waals surface area contributed by atoms with Crippen LogP contribution in [0, 0.1) is 5.92 Å². The molecule has 4 heteroatoms. The van der Waals surface area contributed by atoms with Crippen LogP contribution < -0.4 is 5.32 Å². The van der Waals surface area contributed by atoms with Crippen LogP contribution in [-0.4, -0.2) is 31.3 Å². The van der Waals surface area contributed by atoms with Gasteiger partial charge in [0.2, 0.25) is 0 Å². The molecule has 2 N–H and O–H groups in total. The second-order valence-corrected chi connectivity index (χ2v) is 4.29. The number of methoxy groups -OCH3 is 1. The van der Waals surface area contributed by atoms with E-state index in [1.807, 2.05) is 12.1 Å². The van der Waals surface area contributed by atoms with E-state index in [0.29, 0.717) is 6.54 Å². The molecule has 1 heterocycles. The summed E-state index contributed by atoms with van der Waals surface area (Å²) in [7, 11) is 1.40. The summed E-state index contributed by atoms with van der Waals surface area (Å²) in [6.07, 6.45) is 0.831. The Balaban J connectivity index is 2.28. The number of carbonyl (C=O) groups excluding carboxylic acids is 1. The molecule has 4 nitrogen and oxygen atoms in total. The topological polar surface area (TPSA) is 58.6 Å². The van der Waals surface area contributed by atoms with Gasteiger partial charge in [-0.25, -0.2) is 0 Å². The molecule has 1 aliphatic rings. The third-order valence-corrected chi connectivity index (χ3v) is 3.32. The molecule has 2 atom stereocenters. The van der Waals surface area contributed by atoms with E-state index in [-0.39, 0.29) is 23.6 Å². The first-order valence-corrected chi connectivity index (χ1v) is 5.80. The summed E-state index contributed by atoms with van der Waals surface area (Å²) < 4.78 is 4.82. The molecular formula is C13H17NO3. The minimum Gasteiger partial charge on any atom is -0.508 e. The maximum absolute atomic E-state index is 11.7. The van der Waals surface area contributed by atoms with Crippen LogP contribution in [-0.2, 0) is 9.53 Å². The van der Waals surface area contributed by atoms with E-state index in [2.05, 4.69) is 5.32 Å². The normalized spacial score (nSPS) is 24.3. The predicted molar refractivity (Wildman–Crippen MR) is 63.8 cm³/mol. The second-order valence-electron chi connectivity index (χ2n) is 4.29. The number of nitrogens with one attached hydrogen (secondary N) is 1. The van der Waals surface area contributed by atoms with E-state index in [4.69, 9.17) is 4.74 Å². The number of aromatic hydroxyl groups is 1. The number of benzene rings is 1. The van der Waals surface area contributed by atoms with Gasteiger partial charge in [-0.05, 0) is 24.6 Å². The quantitative estimate of drug-likeness (QED) is 0.758. The predicted octanol–water partition coefficient (Wildman–Crippen LogP) is 1.26. The smallest absolute Gasteiger partial charge is 0.310 e. The summed E-state index contributed by atoms with van der Waals surface area (Å²) in [6, 6.07) is 7.20. The molecule has 92 valence electrons. The molecule has 0 bridgehead atoms. The summed E-state index contributed by atoms with van der Waals surface area (Å²) in [5.41, 5.74) is 0.837. The summed E-state index contributed by atoms with van der Waals surface area (Å²) >= 11 is 0. The first-order valence-electron chi connectivity index (χ1n) is 5.80. The number of phenols is 1. The van der Waals surface area contributed by atoms with Crippen LogP contribution in [0.2, 0.25) is 0 Å². The van der Waals surface area contributed by atoms with Crippen molar-refractivity contribution in [2.24, 2.45) is 5.92 Å². The fraction of sp³-hybridized carbons (Fsp3) is 0.462. The SMILES string of the molecule is COC(=O)C1CNCCC1c1ccccc1O. The standard InChI is InChI=1S/C13H17NO3/c1-17-13(16)11-8-14-7-6-9(11)10-4-2-3-5-12(10)15/h2-5,9,11,14-15H,6-8H2,1H3. The molecule has 1 fully saturated rings. The molecule has 2 unspecified atom stereocenters. The summed E-state index contributed by atoms with van der Waals surface area (Å²) in [5, 5.41) is 13.0. The lowest BCUT2D eigenvalue weighted by Gasteiger charge is -2.30. The first-order chi connectivity index (χ1) is 8.24. The number of carbonyl (C=O) groups is 1. The van der Waals surface area contributed by atoms with Gasteiger partial charge in [0.1, 0.15) is 5.75 Å². The van der Waals surface area contributed by atoms with Crippen LogP contribution in [0.3, 0.4) is 0 Å². The molecule has 0 saturated carbocycles. The van der Waals surface area contributed by atoms with E-state index < -0.39 is 0 Å². The van der Waals surface area contributed by atoms with E-state index >= 15 is 0 Å². The van der Waals surface area contributed by atoms with Crippen LogP contribution >= 0.6 is 0 Å². The van der Waals surface area contributed by atoms with E-state index in [1.165, 1.54) is 7.11 Å². The first kappa shape index (κ1) is 11.9. The molecule has 0 aliphatic carbocycles. The molecule has 0 amide bonds. The Morgan fingerprint density at radius 2 is 2.24 bits per heavy atom. The van der Waals surface area contributed by atoms with Crippen molar-refractivity contribution in [3.63, 3.8) is 0 Å². The van der Waals surface area contributed by atoms with Crippen molar-refractivity contribution in [2.45, 2.75) is 12.3 Å². The average molecular weight is 235 g/mol. The Hall–Kier alpha value is -1.55. The molecular weight excluding hydrogens is 218 g/mol. The maximum Gasteiger partial charge on any atom is 0.310 e. The van der Waals surface area contributed by atoms with Gasteiger partial charge in [-0.2, -0.15) is 0 Å². The van der Waals surface area contributed by atoms with E-state index in [1.54, 1.807) is 12.1 Å². The van der Waals surface area contributed by atoms with Gasteiger partial charge < -0.3 is 15.2 Å². The lowest BCUT2D eigenvalue weighted by molar-refractivity contribution is -0.146. The molecule has 17 heavy (non-hydrogen) atoms. The van der Waals surface area contributed by atoms with Gasteiger partial charge in [-0.3, -0.25) is 4.79 Å². The van der Waals surface area contributed by atoms with Crippen molar-refractivity contribution in [3.8, 4) is 5.75 Å². The van der Waals surface area contributed by atoms with Gasteiger partial charge in [0.15, 0.2) is 0 Å². The number of phenolic OH excluding ortho intramolecular Hbond substituents is 1. The van der Waals surface area contributed by atoms with E-state index in [9.17, 15) is 9.90 Å². The molecule has 1 saturated heterocycles. The highest BCUT2D eigenvalue weighted by molar-refractivity contribution is 5.74. The van der Waals surface area contributed by atoms with Crippen LogP contribution in [0.15, 0.2) is 24.3 Å². The van der Waals surface area contributed by atoms with Gasteiger partial charge >= 0.3 is 5.97 Å². The minimum absolute atomic E-state index is 0.0323. The van der Waals surface area contributed by atoms with Crippen LogP contribution in [0.25, 0.3) is 0 Å². The zero-order valence-electron chi connectivity index (χ0n) is 9.85. The van der Waals surface area contributed by atoms with Crippen molar-refractivity contribution < 1.29 is 14.6 Å². The van der Waals surface area contributed by atoms with Gasteiger partial charge in [-0.15, -0.1) is 0 Å². The molecule has 1 aromatic carbocycles. The Kier molecular flexibility index (Phi) is 3.64. The second kappa shape index (κ2) is 5.19. The van der Waals surface area contributed by atoms with Crippen molar-refractivity contribution in [3.05, 3.63) is 29.8 Å². The highest BCUT2D eigenvalue weighted by Gasteiger charge is 2.33. The number of esters is 1. The highest BCUT2D eigenvalue weighted by atomic mass is 16.5. The number of piperidine rings is 1. The van der Waals surface area contributed by atoms with Crippen LogP contribution in [0.5, 0.6) is 5.75 Å². The minimum atomic E-state index is -0.220. The van der Waals surface area contributed by atoms with Crippen LogP contribution in [0.1, 0.15) is 17.9 Å². The zero-order chi connectivity index (χ0) is 12.3. The zero-order valence-corrected chi connectivity index (χ0v) is 9.85. The molecule has 0 radical (unpaired) electrons. The van der Waals surface area contributed by atoms with Crippen LogP contribution in [0.4, 0.5) is 0 Å². The van der Waals surface area contributed by atoms with Gasteiger partial charge in [0, 0.05) is 12.5 Å². The fourth-order valence-corrected chi connectivity index (χ4v) is 2.43. The van der Waals surface area contributed by atoms with Crippen molar-refractivity contribution >= 4 is 5.97 Å². The maximum atomic E-state index is 11.7. The number of hydrogen-bond acceptors (Lipinski definition) is 4. The lowest BCUT2D eigenvalue weighted by Crippen LogP contribution is -2.40. The summed E-state index contributed by atoms with van der Waals surface area (Å²) in [6.45, 7) is 1.46. The Bertz CT molecular complexity index is 405. The number of hydrogen-bond donors (Lipinski definition) is 2. The van der Waals surface area contributed by atoms with Crippen molar-refractivity contribution in [2.75, 3.05) is 20.2 Å². The van der Waals surface area contributed by atoms with Gasteiger partial charge in [-0.1, -0.05) is 18.2 Å². The fourth-order valence-electron chi connectivity index (χ4n) is 2.43. The Morgan fingerprint density at radius 1 is 1.47 bits per heavy atom.